The Kier molecular flexibility index (Phi) is 10.3. The molecule has 0 atom stereocenters. The fraction of sp³-hybridized carbons (Fsp3) is 0.714. The Bertz CT molecular complexity index is 366. The number of anilines is 1. The van der Waals surface area contributed by atoms with Crippen LogP contribution in [0, 0.1) is 0 Å². The van der Waals surface area contributed by atoms with Crippen molar-refractivity contribution in [3.8, 4) is 5.88 Å². The van der Waals surface area contributed by atoms with Crippen LogP contribution in [0.3, 0.4) is 0 Å². The van der Waals surface area contributed by atoms with Crippen LogP contribution < -0.4 is 10.1 Å². The summed E-state index contributed by atoms with van der Waals surface area (Å²) in [5.74, 6) is 1.13. The van der Waals surface area contributed by atoms with Crippen LogP contribution in [0.15, 0.2) is 12.3 Å². The van der Waals surface area contributed by atoms with Crippen LogP contribution in [0.5, 0.6) is 5.88 Å². The van der Waals surface area contributed by atoms with Gasteiger partial charge in [-0.2, -0.15) is 4.98 Å². The molecule has 1 heterocycles. The van der Waals surface area contributed by atoms with Gasteiger partial charge in [0.1, 0.15) is 6.61 Å². The Morgan fingerprint density at radius 2 is 1.76 bits per heavy atom. The standard InChI is InChI=1S/C14H25N3O4/c1-3-5-15-14-16-6-4-13(17-14)21-12-11-20-10-9-19-8-7-18-2/h4,6H,3,5,7-12H2,1-2H3,(H,15,16,17). The van der Waals surface area contributed by atoms with Gasteiger partial charge >= 0.3 is 0 Å². The van der Waals surface area contributed by atoms with E-state index in [0.29, 0.717) is 51.5 Å². The average Bonchev–Trinajstić information content (AvgIpc) is 2.52. The minimum Gasteiger partial charge on any atom is -0.475 e. The monoisotopic (exact) mass is 299 g/mol. The van der Waals surface area contributed by atoms with Gasteiger partial charge in [-0.25, -0.2) is 4.98 Å². The third-order valence-electron chi connectivity index (χ3n) is 2.44. The first-order valence-electron chi connectivity index (χ1n) is 7.21. The van der Waals surface area contributed by atoms with E-state index >= 15 is 0 Å². The van der Waals surface area contributed by atoms with Crippen LogP contribution in [0.25, 0.3) is 0 Å². The van der Waals surface area contributed by atoms with Gasteiger partial charge in [-0.1, -0.05) is 6.92 Å². The van der Waals surface area contributed by atoms with Crippen LogP contribution in [-0.2, 0) is 14.2 Å². The highest BCUT2D eigenvalue weighted by Gasteiger charge is 1.99. The zero-order chi connectivity index (χ0) is 15.2. The van der Waals surface area contributed by atoms with Crippen LogP contribution >= 0.6 is 0 Å². The normalized spacial score (nSPS) is 10.6. The number of methoxy groups -OCH3 is 1. The van der Waals surface area contributed by atoms with Crippen molar-refractivity contribution in [3.63, 3.8) is 0 Å². The Balaban J connectivity index is 2.04. The smallest absolute Gasteiger partial charge is 0.225 e. The van der Waals surface area contributed by atoms with Crippen molar-refractivity contribution in [2.24, 2.45) is 0 Å². The van der Waals surface area contributed by atoms with Crippen molar-refractivity contribution in [2.45, 2.75) is 13.3 Å². The summed E-state index contributed by atoms with van der Waals surface area (Å²) >= 11 is 0. The van der Waals surface area contributed by atoms with Crippen molar-refractivity contribution in [2.75, 3.05) is 58.6 Å². The zero-order valence-electron chi connectivity index (χ0n) is 12.8. The molecule has 0 spiro atoms. The Hall–Kier alpha value is -1.44. The summed E-state index contributed by atoms with van der Waals surface area (Å²) in [4.78, 5) is 8.35. The van der Waals surface area contributed by atoms with Crippen LogP contribution in [0.4, 0.5) is 5.95 Å². The number of nitrogens with one attached hydrogen (secondary N) is 1. The van der Waals surface area contributed by atoms with Gasteiger partial charge in [0.2, 0.25) is 11.8 Å². The van der Waals surface area contributed by atoms with E-state index in [-0.39, 0.29) is 0 Å². The van der Waals surface area contributed by atoms with Gasteiger partial charge in [0, 0.05) is 25.9 Å². The lowest BCUT2D eigenvalue weighted by molar-refractivity contribution is 0.0176. The highest BCUT2D eigenvalue weighted by molar-refractivity contribution is 5.27. The Morgan fingerprint density at radius 1 is 1.05 bits per heavy atom. The fourth-order valence-electron chi connectivity index (χ4n) is 1.41. The van der Waals surface area contributed by atoms with Gasteiger partial charge in [0.05, 0.1) is 33.0 Å². The molecule has 0 aromatic carbocycles. The highest BCUT2D eigenvalue weighted by Crippen LogP contribution is 2.07. The topological polar surface area (TPSA) is 74.7 Å². The number of hydrogen-bond acceptors (Lipinski definition) is 7. The lowest BCUT2D eigenvalue weighted by Gasteiger charge is -2.08. The predicted octanol–water partition coefficient (Wildman–Crippen LogP) is 1.36. The minimum atomic E-state index is 0.447. The lowest BCUT2D eigenvalue weighted by Crippen LogP contribution is -2.13. The molecule has 21 heavy (non-hydrogen) atoms. The maximum Gasteiger partial charge on any atom is 0.225 e. The van der Waals surface area contributed by atoms with Crippen molar-refractivity contribution in [1.29, 1.82) is 0 Å². The van der Waals surface area contributed by atoms with E-state index in [1.165, 1.54) is 0 Å². The molecule has 0 amide bonds. The fourth-order valence-corrected chi connectivity index (χ4v) is 1.41. The first-order chi connectivity index (χ1) is 10.4. The zero-order valence-corrected chi connectivity index (χ0v) is 12.8. The van der Waals surface area contributed by atoms with Crippen LogP contribution in [0.2, 0.25) is 0 Å². The summed E-state index contributed by atoms with van der Waals surface area (Å²) in [7, 11) is 1.65. The molecule has 0 aliphatic carbocycles. The third kappa shape index (κ3) is 9.17. The number of nitrogens with zero attached hydrogens (tertiary/aromatic N) is 2. The summed E-state index contributed by atoms with van der Waals surface area (Å²) < 4.78 is 21.0. The number of rotatable bonds is 13. The van der Waals surface area contributed by atoms with E-state index in [2.05, 4.69) is 22.2 Å². The van der Waals surface area contributed by atoms with E-state index in [4.69, 9.17) is 18.9 Å². The summed E-state index contributed by atoms with van der Waals surface area (Å²) in [5, 5.41) is 3.11. The second-order valence-electron chi connectivity index (χ2n) is 4.21. The summed E-state index contributed by atoms with van der Waals surface area (Å²) in [6, 6.07) is 1.73. The van der Waals surface area contributed by atoms with Gasteiger partial charge in [-0.3, -0.25) is 0 Å². The molecule has 0 aliphatic rings. The molecule has 0 aliphatic heterocycles. The van der Waals surface area contributed by atoms with Gasteiger partial charge < -0.3 is 24.3 Å². The quantitative estimate of drug-likeness (QED) is 0.551. The molecule has 0 radical (unpaired) electrons. The SMILES string of the molecule is CCCNc1nccc(OCCOCCOCCOC)n1. The second-order valence-corrected chi connectivity index (χ2v) is 4.21. The molecule has 0 fully saturated rings. The molecule has 7 nitrogen and oxygen atoms in total. The molecule has 0 bridgehead atoms. The molecule has 0 saturated heterocycles. The molecule has 120 valence electrons. The maximum atomic E-state index is 5.49. The maximum absolute atomic E-state index is 5.49. The van der Waals surface area contributed by atoms with E-state index in [9.17, 15) is 0 Å². The van der Waals surface area contributed by atoms with E-state index in [1.807, 2.05) is 0 Å². The van der Waals surface area contributed by atoms with Gasteiger partial charge in [0.25, 0.3) is 0 Å². The van der Waals surface area contributed by atoms with E-state index < -0.39 is 0 Å². The van der Waals surface area contributed by atoms with E-state index in [1.54, 1.807) is 19.4 Å². The first-order valence-corrected chi connectivity index (χ1v) is 7.21. The average molecular weight is 299 g/mol. The number of ether oxygens (including phenoxy) is 4. The van der Waals surface area contributed by atoms with Crippen molar-refractivity contribution >= 4 is 5.95 Å². The molecule has 1 rings (SSSR count). The molecule has 0 saturated carbocycles. The van der Waals surface area contributed by atoms with Gasteiger partial charge in [-0.15, -0.1) is 0 Å². The molecule has 1 aromatic rings. The molecule has 1 aromatic heterocycles. The summed E-state index contributed by atoms with van der Waals surface area (Å²) in [6.07, 6.45) is 2.69. The molecule has 7 heteroatoms. The Morgan fingerprint density at radius 3 is 2.48 bits per heavy atom. The number of hydrogen-bond donors (Lipinski definition) is 1. The molecular weight excluding hydrogens is 274 g/mol. The third-order valence-corrected chi connectivity index (χ3v) is 2.44. The van der Waals surface area contributed by atoms with Gasteiger partial charge in [-0.05, 0) is 6.42 Å². The number of aromatic nitrogens is 2. The van der Waals surface area contributed by atoms with Crippen molar-refractivity contribution in [3.05, 3.63) is 12.3 Å². The molecule has 0 unspecified atom stereocenters. The predicted molar refractivity (Wildman–Crippen MR) is 79.8 cm³/mol. The molecular formula is C14H25N3O4. The van der Waals surface area contributed by atoms with Gasteiger partial charge in [0.15, 0.2) is 0 Å². The second kappa shape index (κ2) is 12.3. The molecule has 1 N–H and O–H groups in total. The van der Waals surface area contributed by atoms with Crippen LogP contribution in [0.1, 0.15) is 13.3 Å². The highest BCUT2D eigenvalue weighted by atomic mass is 16.6. The first kappa shape index (κ1) is 17.6. The summed E-state index contributed by atoms with van der Waals surface area (Å²) in [5.41, 5.74) is 0. The minimum absolute atomic E-state index is 0.447. The van der Waals surface area contributed by atoms with Crippen molar-refractivity contribution in [1.82, 2.24) is 9.97 Å². The van der Waals surface area contributed by atoms with E-state index in [0.717, 1.165) is 13.0 Å². The Labute approximate surface area is 126 Å². The van der Waals surface area contributed by atoms with Crippen LogP contribution in [-0.4, -0.2) is 63.3 Å². The lowest BCUT2D eigenvalue weighted by atomic mass is 10.5. The largest absolute Gasteiger partial charge is 0.475 e. The van der Waals surface area contributed by atoms with Crippen molar-refractivity contribution < 1.29 is 18.9 Å². The summed E-state index contributed by atoms with van der Waals surface area (Å²) in [6.45, 7) is 6.16.